The number of carbonyl (C=O) groups excluding carboxylic acids is 1. The smallest absolute Gasteiger partial charge is 0.349 e. The highest BCUT2D eigenvalue weighted by Crippen LogP contribution is 2.22. The standard InChI is InChI=1S/C18H13ClO5/c1-11-8-17(20)24-16-9-14(6-7-15(11)16)23-18(21)10-22-13-4-2-12(19)3-5-13/h2-9H,10H2,1H3. The first-order chi connectivity index (χ1) is 11.5. The first-order valence-corrected chi connectivity index (χ1v) is 7.52. The number of hydrogen-bond donors (Lipinski definition) is 0. The summed E-state index contributed by atoms with van der Waals surface area (Å²) in [7, 11) is 0. The van der Waals surface area contributed by atoms with Gasteiger partial charge in [0.25, 0.3) is 0 Å². The lowest BCUT2D eigenvalue weighted by atomic mass is 10.1. The normalized spacial score (nSPS) is 10.6. The van der Waals surface area contributed by atoms with Gasteiger partial charge >= 0.3 is 11.6 Å². The maximum Gasteiger partial charge on any atom is 0.349 e. The van der Waals surface area contributed by atoms with Gasteiger partial charge in [-0.15, -0.1) is 0 Å². The number of hydrogen-bond acceptors (Lipinski definition) is 5. The van der Waals surface area contributed by atoms with Crippen molar-refractivity contribution < 1.29 is 18.7 Å². The molecule has 0 aliphatic heterocycles. The molecule has 3 aromatic rings. The Morgan fingerprint density at radius 2 is 1.79 bits per heavy atom. The molecule has 122 valence electrons. The van der Waals surface area contributed by atoms with Gasteiger partial charge in [-0.25, -0.2) is 9.59 Å². The molecule has 0 unspecified atom stereocenters. The average Bonchev–Trinajstić information content (AvgIpc) is 2.54. The van der Waals surface area contributed by atoms with Crippen LogP contribution in [0.5, 0.6) is 11.5 Å². The third kappa shape index (κ3) is 3.75. The minimum absolute atomic E-state index is 0.253. The predicted octanol–water partition coefficient (Wildman–Crippen LogP) is 3.74. The van der Waals surface area contributed by atoms with Gasteiger partial charge in [0, 0.05) is 22.5 Å². The molecular weight excluding hydrogens is 332 g/mol. The Kier molecular flexibility index (Phi) is 4.53. The predicted molar refractivity (Wildman–Crippen MR) is 89.8 cm³/mol. The Morgan fingerprint density at radius 1 is 1.08 bits per heavy atom. The number of rotatable bonds is 4. The average molecular weight is 345 g/mol. The van der Waals surface area contributed by atoms with Crippen molar-refractivity contribution in [1.29, 1.82) is 0 Å². The molecule has 0 radical (unpaired) electrons. The van der Waals surface area contributed by atoms with E-state index < -0.39 is 11.6 Å². The van der Waals surface area contributed by atoms with Crippen LogP contribution in [0.1, 0.15) is 5.56 Å². The lowest BCUT2D eigenvalue weighted by Gasteiger charge is -2.08. The van der Waals surface area contributed by atoms with Gasteiger partial charge in [-0.3, -0.25) is 0 Å². The summed E-state index contributed by atoms with van der Waals surface area (Å²) in [5.41, 5.74) is 0.712. The van der Waals surface area contributed by atoms with Gasteiger partial charge in [0.1, 0.15) is 17.1 Å². The number of fused-ring (bicyclic) bond motifs is 1. The molecular formula is C18H13ClO5. The summed E-state index contributed by atoms with van der Waals surface area (Å²) in [6.45, 7) is 1.56. The molecule has 24 heavy (non-hydrogen) atoms. The summed E-state index contributed by atoms with van der Waals surface area (Å²) in [6.07, 6.45) is 0. The molecule has 5 nitrogen and oxygen atoms in total. The van der Waals surface area contributed by atoms with Crippen LogP contribution in [0.2, 0.25) is 5.02 Å². The second-order valence-corrected chi connectivity index (χ2v) is 5.56. The molecule has 1 heterocycles. The minimum atomic E-state index is -0.570. The lowest BCUT2D eigenvalue weighted by Crippen LogP contribution is -2.17. The highest BCUT2D eigenvalue weighted by atomic mass is 35.5. The molecule has 0 N–H and O–H groups in total. The maximum absolute atomic E-state index is 11.9. The monoisotopic (exact) mass is 344 g/mol. The van der Waals surface area contributed by atoms with Crippen molar-refractivity contribution >= 4 is 28.5 Å². The van der Waals surface area contributed by atoms with Crippen molar-refractivity contribution in [2.75, 3.05) is 6.61 Å². The van der Waals surface area contributed by atoms with Crippen molar-refractivity contribution in [1.82, 2.24) is 0 Å². The second-order valence-electron chi connectivity index (χ2n) is 5.12. The lowest BCUT2D eigenvalue weighted by molar-refractivity contribution is -0.136. The van der Waals surface area contributed by atoms with Gasteiger partial charge in [0.15, 0.2) is 6.61 Å². The first-order valence-electron chi connectivity index (χ1n) is 7.15. The third-order valence-corrected chi connectivity index (χ3v) is 3.58. The molecule has 0 fully saturated rings. The fraction of sp³-hybridized carbons (Fsp3) is 0.111. The zero-order valence-electron chi connectivity index (χ0n) is 12.7. The molecule has 0 spiro atoms. The topological polar surface area (TPSA) is 65.7 Å². The van der Waals surface area contributed by atoms with E-state index in [-0.39, 0.29) is 12.4 Å². The van der Waals surface area contributed by atoms with Crippen LogP contribution in [0.3, 0.4) is 0 Å². The Hall–Kier alpha value is -2.79. The summed E-state index contributed by atoms with van der Waals surface area (Å²) >= 11 is 5.77. The van der Waals surface area contributed by atoms with Gasteiger partial charge < -0.3 is 13.9 Å². The number of aryl methyl sites for hydroxylation is 1. The molecule has 0 atom stereocenters. The second kappa shape index (κ2) is 6.76. The Bertz CT molecular complexity index is 944. The van der Waals surface area contributed by atoms with E-state index in [0.717, 1.165) is 10.9 Å². The summed E-state index contributed by atoms with van der Waals surface area (Å²) < 4.78 is 15.6. The molecule has 0 bridgehead atoms. The molecule has 3 rings (SSSR count). The molecule has 0 saturated heterocycles. The molecule has 2 aromatic carbocycles. The minimum Gasteiger partial charge on any atom is -0.482 e. The number of esters is 1. The highest BCUT2D eigenvalue weighted by Gasteiger charge is 2.09. The number of halogens is 1. The van der Waals surface area contributed by atoms with E-state index in [0.29, 0.717) is 16.4 Å². The van der Waals surface area contributed by atoms with Crippen molar-refractivity contribution in [3.63, 3.8) is 0 Å². The van der Waals surface area contributed by atoms with Crippen LogP contribution in [0.25, 0.3) is 11.0 Å². The third-order valence-electron chi connectivity index (χ3n) is 3.32. The van der Waals surface area contributed by atoms with Crippen molar-refractivity contribution in [3.8, 4) is 11.5 Å². The summed E-state index contributed by atoms with van der Waals surface area (Å²) in [6, 6.07) is 12.9. The fourth-order valence-corrected chi connectivity index (χ4v) is 2.33. The zero-order chi connectivity index (χ0) is 17.1. The van der Waals surface area contributed by atoms with Crippen LogP contribution in [-0.2, 0) is 4.79 Å². The number of carbonyl (C=O) groups is 1. The molecule has 6 heteroatoms. The van der Waals surface area contributed by atoms with E-state index in [9.17, 15) is 9.59 Å². The zero-order valence-corrected chi connectivity index (χ0v) is 13.5. The van der Waals surface area contributed by atoms with Crippen molar-refractivity contribution in [3.05, 3.63) is 69.5 Å². The van der Waals surface area contributed by atoms with Gasteiger partial charge in [-0.05, 0) is 48.9 Å². The van der Waals surface area contributed by atoms with Crippen LogP contribution in [0, 0.1) is 6.92 Å². The van der Waals surface area contributed by atoms with Gasteiger partial charge in [-0.1, -0.05) is 11.6 Å². The number of benzene rings is 2. The van der Waals surface area contributed by atoms with Gasteiger partial charge in [0.2, 0.25) is 0 Å². The Balaban J connectivity index is 1.69. The SMILES string of the molecule is Cc1cc(=O)oc2cc(OC(=O)COc3ccc(Cl)cc3)ccc12. The van der Waals surface area contributed by atoms with Gasteiger partial charge in [-0.2, -0.15) is 0 Å². The van der Waals surface area contributed by atoms with E-state index in [1.54, 1.807) is 36.4 Å². The number of ether oxygens (including phenoxy) is 2. The van der Waals surface area contributed by atoms with E-state index in [1.165, 1.54) is 12.1 Å². The van der Waals surface area contributed by atoms with Crippen LogP contribution >= 0.6 is 11.6 Å². The summed E-state index contributed by atoms with van der Waals surface area (Å²) in [5, 5.41) is 1.37. The summed E-state index contributed by atoms with van der Waals surface area (Å²) in [4.78, 5) is 23.3. The fourth-order valence-electron chi connectivity index (χ4n) is 2.20. The van der Waals surface area contributed by atoms with E-state index in [1.807, 2.05) is 6.92 Å². The largest absolute Gasteiger partial charge is 0.482 e. The maximum atomic E-state index is 11.9. The molecule has 0 aliphatic carbocycles. The van der Waals surface area contributed by atoms with Gasteiger partial charge in [0.05, 0.1) is 0 Å². The first kappa shape index (κ1) is 16.1. The van der Waals surface area contributed by atoms with Crippen LogP contribution in [0.4, 0.5) is 0 Å². The highest BCUT2D eigenvalue weighted by molar-refractivity contribution is 6.30. The van der Waals surface area contributed by atoms with E-state index in [2.05, 4.69) is 0 Å². The quantitative estimate of drug-likeness (QED) is 0.410. The summed E-state index contributed by atoms with van der Waals surface area (Å²) in [5.74, 6) is 0.219. The molecule has 0 saturated carbocycles. The van der Waals surface area contributed by atoms with Crippen LogP contribution in [0.15, 0.2) is 57.7 Å². The van der Waals surface area contributed by atoms with Crippen molar-refractivity contribution in [2.45, 2.75) is 6.92 Å². The Labute approximate surface area is 142 Å². The van der Waals surface area contributed by atoms with E-state index in [4.69, 9.17) is 25.5 Å². The van der Waals surface area contributed by atoms with Crippen LogP contribution in [-0.4, -0.2) is 12.6 Å². The van der Waals surface area contributed by atoms with E-state index >= 15 is 0 Å². The molecule has 1 aromatic heterocycles. The molecule has 0 amide bonds. The van der Waals surface area contributed by atoms with Crippen molar-refractivity contribution in [2.24, 2.45) is 0 Å². The van der Waals surface area contributed by atoms with Crippen LogP contribution < -0.4 is 15.1 Å². The Morgan fingerprint density at radius 3 is 2.54 bits per heavy atom. The molecule has 0 aliphatic rings.